The van der Waals surface area contributed by atoms with Crippen molar-refractivity contribution in [3.05, 3.63) is 42.0 Å². The second kappa shape index (κ2) is 16.1. The lowest BCUT2D eigenvalue weighted by Gasteiger charge is -2.18. The summed E-state index contributed by atoms with van der Waals surface area (Å²) in [5, 5.41) is 0. The van der Waals surface area contributed by atoms with E-state index in [1.165, 1.54) is 31.2 Å². The highest BCUT2D eigenvalue weighted by atomic mass is 31.2. The summed E-state index contributed by atoms with van der Waals surface area (Å²) in [5.41, 5.74) is 1.19. The van der Waals surface area contributed by atoms with Crippen LogP contribution in [0.4, 0.5) is 0 Å². The molecule has 0 atom stereocenters. The predicted octanol–water partition coefficient (Wildman–Crippen LogP) is 7.87. The van der Waals surface area contributed by atoms with Crippen LogP contribution in [0, 0.1) is 0 Å². The minimum Gasteiger partial charge on any atom is -0.309 e. The Morgan fingerprint density at radius 3 is 1.96 bits per heavy atom. The molecule has 27 heavy (non-hydrogen) atoms. The molecule has 0 aliphatic rings. The fraction of sp³-hybridized carbons (Fsp3) is 0.652. The molecule has 0 heterocycles. The molecular formula is C23H39O3P. The van der Waals surface area contributed by atoms with E-state index in [0.717, 1.165) is 38.5 Å². The molecular weight excluding hydrogens is 355 g/mol. The Morgan fingerprint density at radius 2 is 1.41 bits per heavy atom. The van der Waals surface area contributed by atoms with Crippen molar-refractivity contribution in [3.8, 4) is 0 Å². The minimum absolute atomic E-state index is 0.508. The van der Waals surface area contributed by atoms with Gasteiger partial charge in [0.1, 0.15) is 0 Å². The van der Waals surface area contributed by atoms with E-state index in [1.54, 1.807) is 0 Å². The Bertz CT molecular complexity index is 510. The highest BCUT2D eigenvalue weighted by Gasteiger charge is 2.23. The van der Waals surface area contributed by atoms with Gasteiger partial charge in [0, 0.05) is 0 Å². The smallest absolute Gasteiger partial charge is 0.309 e. The zero-order chi connectivity index (χ0) is 19.6. The number of allylic oxidation sites excluding steroid dienone is 1. The summed E-state index contributed by atoms with van der Waals surface area (Å²) in [6.45, 7) is 5.47. The van der Waals surface area contributed by atoms with Crippen LogP contribution < -0.4 is 0 Å². The summed E-state index contributed by atoms with van der Waals surface area (Å²) in [7, 11) is -2.96. The van der Waals surface area contributed by atoms with Gasteiger partial charge in [-0.15, -0.1) is 0 Å². The molecule has 0 N–H and O–H groups in total. The zero-order valence-electron chi connectivity index (χ0n) is 17.4. The van der Waals surface area contributed by atoms with Crippen molar-refractivity contribution in [3.63, 3.8) is 0 Å². The Hall–Kier alpha value is -0.890. The second-order valence-corrected chi connectivity index (χ2v) is 9.26. The van der Waals surface area contributed by atoms with Crippen LogP contribution in [-0.2, 0) is 13.6 Å². The van der Waals surface area contributed by atoms with Gasteiger partial charge in [0.05, 0.1) is 19.4 Å². The molecule has 0 aliphatic carbocycles. The van der Waals surface area contributed by atoms with Crippen LogP contribution >= 0.6 is 7.60 Å². The van der Waals surface area contributed by atoms with Crippen molar-refractivity contribution < 1.29 is 13.6 Å². The van der Waals surface area contributed by atoms with Crippen LogP contribution in [0.3, 0.4) is 0 Å². The Labute approximate surface area is 167 Å². The largest absolute Gasteiger partial charge is 0.330 e. The topological polar surface area (TPSA) is 35.5 Å². The lowest BCUT2D eigenvalue weighted by molar-refractivity contribution is 0.197. The highest BCUT2D eigenvalue weighted by Crippen LogP contribution is 2.49. The molecule has 0 radical (unpaired) electrons. The number of rotatable bonds is 17. The van der Waals surface area contributed by atoms with Crippen LogP contribution in [0.25, 0.3) is 6.08 Å². The van der Waals surface area contributed by atoms with E-state index in [4.69, 9.17) is 9.05 Å². The Morgan fingerprint density at radius 1 is 0.815 bits per heavy atom. The quantitative estimate of drug-likeness (QED) is 0.199. The molecule has 0 unspecified atom stereocenters. The van der Waals surface area contributed by atoms with Gasteiger partial charge >= 0.3 is 7.60 Å². The van der Waals surface area contributed by atoms with E-state index in [9.17, 15) is 4.57 Å². The number of hydrogen-bond acceptors (Lipinski definition) is 3. The molecule has 0 aliphatic heterocycles. The van der Waals surface area contributed by atoms with Crippen LogP contribution in [0.5, 0.6) is 0 Å². The van der Waals surface area contributed by atoms with E-state index in [0.29, 0.717) is 19.4 Å². The van der Waals surface area contributed by atoms with Crippen LogP contribution in [0.2, 0.25) is 0 Å². The van der Waals surface area contributed by atoms with E-state index in [-0.39, 0.29) is 0 Å². The maximum atomic E-state index is 13.0. The summed E-state index contributed by atoms with van der Waals surface area (Å²) in [4.78, 5) is 0. The first-order valence-electron chi connectivity index (χ1n) is 10.8. The molecule has 1 aromatic carbocycles. The van der Waals surface area contributed by atoms with Crippen molar-refractivity contribution >= 4 is 13.7 Å². The first-order chi connectivity index (χ1) is 13.2. The fourth-order valence-electron chi connectivity index (χ4n) is 2.82. The average Bonchev–Trinajstić information content (AvgIpc) is 2.68. The molecule has 0 saturated carbocycles. The molecule has 0 spiro atoms. The van der Waals surface area contributed by atoms with Gasteiger partial charge in [-0.1, -0.05) is 94.9 Å². The van der Waals surface area contributed by atoms with Gasteiger partial charge in [-0.25, -0.2) is 0 Å². The lowest BCUT2D eigenvalue weighted by Crippen LogP contribution is -2.03. The van der Waals surface area contributed by atoms with E-state index >= 15 is 0 Å². The normalized spacial score (nSPS) is 12.1. The molecule has 1 aromatic rings. The van der Waals surface area contributed by atoms with Gasteiger partial charge in [0.2, 0.25) is 0 Å². The molecule has 154 valence electrons. The van der Waals surface area contributed by atoms with Crippen LogP contribution in [0.1, 0.15) is 83.6 Å². The number of unbranched alkanes of at least 4 members (excludes halogenated alkanes) is 7. The average molecular weight is 395 g/mol. The Balaban J connectivity index is 2.36. The molecule has 0 fully saturated rings. The number of benzene rings is 1. The molecule has 3 nitrogen and oxygen atoms in total. The van der Waals surface area contributed by atoms with Gasteiger partial charge in [0.25, 0.3) is 0 Å². The van der Waals surface area contributed by atoms with E-state index in [1.807, 2.05) is 18.2 Å². The molecule has 0 amide bonds. The standard InChI is InChI=1S/C23H39O3P/c1-3-5-7-14-20-25-27(24,26-21-15-8-6-4-2)22-16-10-13-19-23-17-11-9-12-18-23/h9,11-13,17-19H,3-8,10,14-16,20-22H2,1-2H3. The van der Waals surface area contributed by atoms with Crippen LogP contribution in [-0.4, -0.2) is 19.4 Å². The third kappa shape index (κ3) is 13.0. The number of hydrogen-bond donors (Lipinski definition) is 0. The van der Waals surface area contributed by atoms with E-state index in [2.05, 4.69) is 38.1 Å². The summed E-state index contributed by atoms with van der Waals surface area (Å²) in [6, 6.07) is 10.3. The molecule has 0 bridgehead atoms. The SMILES string of the molecule is CCCCCCOP(=O)(CCCC=Cc1ccccc1)OCCCCCC. The predicted molar refractivity (Wildman–Crippen MR) is 117 cm³/mol. The zero-order valence-corrected chi connectivity index (χ0v) is 18.3. The molecule has 1 rings (SSSR count). The summed E-state index contributed by atoms with van der Waals surface area (Å²) in [6.07, 6.45) is 15.5. The van der Waals surface area contributed by atoms with Gasteiger partial charge < -0.3 is 9.05 Å². The van der Waals surface area contributed by atoms with Crippen molar-refractivity contribution in [2.45, 2.75) is 78.1 Å². The molecule has 0 aromatic heterocycles. The first kappa shape index (κ1) is 24.1. The van der Waals surface area contributed by atoms with Gasteiger partial charge in [-0.3, -0.25) is 4.57 Å². The summed E-state index contributed by atoms with van der Waals surface area (Å²) in [5.74, 6) is 0. The maximum Gasteiger partial charge on any atom is 0.330 e. The Kier molecular flexibility index (Phi) is 14.4. The molecule has 4 heteroatoms. The molecule has 0 saturated heterocycles. The minimum atomic E-state index is -2.96. The van der Waals surface area contributed by atoms with Gasteiger partial charge in [-0.2, -0.15) is 0 Å². The maximum absolute atomic E-state index is 13.0. The third-order valence-electron chi connectivity index (χ3n) is 4.48. The highest BCUT2D eigenvalue weighted by molar-refractivity contribution is 7.53. The van der Waals surface area contributed by atoms with Crippen molar-refractivity contribution in [1.29, 1.82) is 0 Å². The second-order valence-electron chi connectivity index (χ2n) is 7.08. The van der Waals surface area contributed by atoms with Gasteiger partial charge in [-0.05, 0) is 31.2 Å². The van der Waals surface area contributed by atoms with Crippen LogP contribution in [0.15, 0.2) is 36.4 Å². The third-order valence-corrected chi connectivity index (χ3v) is 6.50. The van der Waals surface area contributed by atoms with Crippen molar-refractivity contribution in [1.82, 2.24) is 0 Å². The fourth-order valence-corrected chi connectivity index (χ4v) is 4.53. The monoisotopic (exact) mass is 394 g/mol. The summed E-state index contributed by atoms with van der Waals surface area (Å²) >= 11 is 0. The van der Waals surface area contributed by atoms with Crippen molar-refractivity contribution in [2.75, 3.05) is 19.4 Å². The first-order valence-corrected chi connectivity index (χ1v) is 12.5. The van der Waals surface area contributed by atoms with Gasteiger partial charge in [0.15, 0.2) is 0 Å². The van der Waals surface area contributed by atoms with Crippen molar-refractivity contribution in [2.24, 2.45) is 0 Å². The summed E-state index contributed by atoms with van der Waals surface area (Å²) < 4.78 is 24.6. The lowest BCUT2D eigenvalue weighted by atomic mass is 10.2. The van der Waals surface area contributed by atoms with E-state index < -0.39 is 7.60 Å².